The third kappa shape index (κ3) is 7.49. The van der Waals surface area contributed by atoms with Crippen molar-refractivity contribution in [3.63, 3.8) is 0 Å². The lowest BCUT2D eigenvalue weighted by Gasteiger charge is -2.46. The highest BCUT2D eigenvalue weighted by Gasteiger charge is 2.52. The number of hydrogen-bond donors (Lipinski definition) is 3. The Kier molecular flexibility index (Phi) is 10.7. The maximum absolute atomic E-state index is 14.4. The Morgan fingerprint density at radius 2 is 2.00 bits per heavy atom. The van der Waals surface area contributed by atoms with Gasteiger partial charge in [0, 0.05) is 45.0 Å². The van der Waals surface area contributed by atoms with Crippen LogP contribution in [0.5, 0.6) is 0 Å². The molecule has 0 saturated carbocycles. The van der Waals surface area contributed by atoms with Crippen LogP contribution in [0.15, 0.2) is 70.6 Å². The Labute approximate surface area is 296 Å². The van der Waals surface area contributed by atoms with Gasteiger partial charge in [-0.05, 0) is 62.0 Å². The first-order valence-corrected chi connectivity index (χ1v) is 17.9. The van der Waals surface area contributed by atoms with Gasteiger partial charge in [0.25, 0.3) is 0 Å². The van der Waals surface area contributed by atoms with Crippen LogP contribution in [-0.2, 0) is 25.6 Å². The second kappa shape index (κ2) is 15.2. The Balaban J connectivity index is 1.24. The summed E-state index contributed by atoms with van der Waals surface area (Å²) < 4.78 is 10.7. The van der Waals surface area contributed by atoms with Gasteiger partial charge in [-0.3, -0.25) is 14.6 Å². The summed E-state index contributed by atoms with van der Waals surface area (Å²) in [4.78, 5) is 59.8. The molecule has 3 aliphatic heterocycles. The number of urea groups is 1. The van der Waals surface area contributed by atoms with E-state index in [2.05, 4.69) is 10.6 Å². The molecule has 1 aromatic carbocycles. The number of para-hydroxylation sites is 1. The molecule has 2 saturated heterocycles. The minimum absolute atomic E-state index is 0.0236. The molecule has 3 heterocycles. The zero-order chi connectivity index (χ0) is 35.5. The number of methoxy groups -OCH3 is 1. The van der Waals surface area contributed by atoms with Gasteiger partial charge in [-0.2, -0.15) is 5.01 Å². The summed E-state index contributed by atoms with van der Waals surface area (Å²) in [5.74, 6) is 1.12. The Hall–Kier alpha value is -4.47. The normalized spacial score (nSPS) is 24.5. The number of hydrogen-bond acceptors (Lipinski definition) is 10. The van der Waals surface area contributed by atoms with E-state index in [-0.39, 0.29) is 42.4 Å². The van der Waals surface area contributed by atoms with Gasteiger partial charge in [0.15, 0.2) is 0 Å². The molecule has 5 aliphatic rings. The van der Waals surface area contributed by atoms with E-state index < -0.39 is 18.3 Å². The van der Waals surface area contributed by atoms with Gasteiger partial charge in [-0.1, -0.05) is 41.6 Å². The van der Waals surface area contributed by atoms with Crippen LogP contribution in [0, 0.1) is 5.92 Å². The summed E-state index contributed by atoms with van der Waals surface area (Å²) in [7, 11) is 4.88. The molecular formula is C35H46N8O6S. The van der Waals surface area contributed by atoms with Crippen LogP contribution in [0.1, 0.15) is 38.2 Å². The fourth-order valence-electron chi connectivity index (χ4n) is 6.94. The van der Waals surface area contributed by atoms with Crippen molar-refractivity contribution < 1.29 is 28.7 Å². The first-order chi connectivity index (χ1) is 24.1. The first kappa shape index (κ1) is 35.4. The van der Waals surface area contributed by atoms with Crippen LogP contribution in [0.3, 0.4) is 0 Å². The molecule has 15 heteroatoms. The zero-order valence-electron chi connectivity index (χ0n) is 29.0. The van der Waals surface area contributed by atoms with Gasteiger partial charge in [0.2, 0.25) is 11.8 Å². The number of nitrogens with zero attached hydrogens (tertiary/aromatic N) is 5. The van der Waals surface area contributed by atoms with E-state index in [9.17, 15) is 19.2 Å². The van der Waals surface area contributed by atoms with E-state index in [1.165, 1.54) is 16.7 Å². The average molecular weight is 707 g/mol. The fourth-order valence-corrected chi connectivity index (χ4v) is 7.86. The largest absolute Gasteiger partial charge is 0.497 e. The quantitative estimate of drug-likeness (QED) is 0.330. The SMILES string of the molecule is CCN(C(=O)NCC1C=CC(OC)=CC1)N1CC(=O)N2C1CN(Cc1cccc3c1NC(N)S3)C(=O)[C@@H]2CC1=CC=C(OC(=O)N(C)C)CC1. The highest BCUT2D eigenvalue weighted by molar-refractivity contribution is 8.00. The molecular weight excluding hydrogens is 661 g/mol. The van der Waals surface area contributed by atoms with Crippen molar-refractivity contribution in [3.8, 4) is 0 Å². The third-order valence-corrected chi connectivity index (χ3v) is 10.5. The number of nitrogens with two attached hydrogens (primary N) is 1. The highest BCUT2D eigenvalue weighted by atomic mass is 32.2. The van der Waals surface area contributed by atoms with E-state index in [1.807, 2.05) is 49.4 Å². The number of amides is 5. The number of allylic oxidation sites excluding steroid dienone is 5. The number of hydrazine groups is 1. The number of anilines is 1. The monoisotopic (exact) mass is 706 g/mol. The van der Waals surface area contributed by atoms with Gasteiger partial charge in [-0.15, -0.1) is 0 Å². The number of ether oxygens (including phenoxy) is 2. The van der Waals surface area contributed by atoms with E-state index in [1.54, 1.807) is 47.1 Å². The maximum Gasteiger partial charge on any atom is 0.414 e. The van der Waals surface area contributed by atoms with Crippen LogP contribution in [-0.4, -0.2) is 114 Å². The molecule has 6 rings (SSSR count). The number of benzene rings is 1. The number of carbonyl (C=O) groups excluding carboxylic acids is 4. The minimum atomic E-state index is -0.769. The molecule has 2 fully saturated rings. The summed E-state index contributed by atoms with van der Waals surface area (Å²) in [6.45, 7) is 3.17. The fraction of sp³-hybridized carbons (Fsp3) is 0.486. The molecule has 14 nitrogen and oxygen atoms in total. The summed E-state index contributed by atoms with van der Waals surface area (Å²) in [6.07, 6.45) is 10.7. The van der Waals surface area contributed by atoms with E-state index >= 15 is 0 Å². The van der Waals surface area contributed by atoms with Gasteiger partial charge in [0.05, 0.1) is 25.9 Å². The summed E-state index contributed by atoms with van der Waals surface area (Å²) in [5.41, 5.74) is 8.72. The van der Waals surface area contributed by atoms with Crippen LogP contribution in [0.4, 0.5) is 15.3 Å². The van der Waals surface area contributed by atoms with Gasteiger partial charge >= 0.3 is 12.1 Å². The highest BCUT2D eigenvalue weighted by Crippen LogP contribution is 2.40. The number of thioether (sulfide) groups is 1. The summed E-state index contributed by atoms with van der Waals surface area (Å²) in [5, 5.41) is 9.76. The molecule has 50 heavy (non-hydrogen) atoms. The first-order valence-electron chi connectivity index (χ1n) is 17.0. The molecule has 0 bridgehead atoms. The molecule has 1 aromatic rings. The van der Waals surface area contributed by atoms with Gasteiger partial charge < -0.3 is 40.5 Å². The van der Waals surface area contributed by atoms with Crippen LogP contribution >= 0.6 is 11.8 Å². The Morgan fingerprint density at radius 3 is 2.68 bits per heavy atom. The predicted octanol–water partition coefficient (Wildman–Crippen LogP) is 3.37. The Bertz CT molecular complexity index is 1640. The second-order valence-electron chi connectivity index (χ2n) is 13.1. The van der Waals surface area contributed by atoms with Crippen LogP contribution < -0.4 is 16.4 Å². The molecule has 3 unspecified atom stereocenters. The summed E-state index contributed by atoms with van der Waals surface area (Å²) in [6, 6.07) is 4.88. The summed E-state index contributed by atoms with van der Waals surface area (Å²) >= 11 is 1.53. The lowest BCUT2D eigenvalue weighted by atomic mass is 9.94. The molecule has 2 aliphatic carbocycles. The number of carbonyl (C=O) groups is 4. The van der Waals surface area contributed by atoms with E-state index in [4.69, 9.17) is 15.2 Å². The topological polar surface area (TPSA) is 153 Å². The van der Waals surface area contributed by atoms with E-state index in [0.29, 0.717) is 44.7 Å². The molecule has 0 spiro atoms. The standard InChI is InChI=1S/C35H46N8O6S/c1-5-41(34(46)37-18-23-11-13-25(48-4)14-12-23)42-21-30(44)43-27(17-22-9-15-26(16-10-22)49-35(47)39(2)3)32(45)40(20-29(42)43)19-24-7-6-8-28-31(24)38-33(36)50-28/h6-9,11,13-15,23,27,29,33,38H,5,10,12,16-21,36H2,1-4H3,(H,37,46)/t23?,27-,29?,33?/m0/s1. The third-order valence-electron chi connectivity index (χ3n) is 9.57. The number of piperazine rings is 1. The van der Waals surface area contributed by atoms with Crippen LogP contribution in [0.2, 0.25) is 0 Å². The lowest BCUT2D eigenvalue weighted by Crippen LogP contribution is -2.65. The lowest BCUT2D eigenvalue weighted by molar-refractivity contribution is -0.157. The molecule has 4 atom stereocenters. The Morgan fingerprint density at radius 1 is 1.18 bits per heavy atom. The maximum atomic E-state index is 14.4. The predicted molar refractivity (Wildman–Crippen MR) is 189 cm³/mol. The molecule has 268 valence electrons. The minimum Gasteiger partial charge on any atom is -0.497 e. The van der Waals surface area contributed by atoms with Crippen molar-refractivity contribution in [2.24, 2.45) is 11.7 Å². The molecule has 5 amide bonds. The number of nitrogens with one attached hydrogen (secondary N) is 2. The van der Waals surface area contributed by atoms with Crippen molar-refractivity contribution in [1.29, 1.82) is 0 Å². The smallest absolute Gasteiger partial charge is 0.414 e. The van der Waals surface area contributed by atoms with Crippen LogP contribution in [0.25, 0.3) is 0 Å². The number of fused-ring (bicyclic) bond motifs is 2. The van der Waals surface area contributed by atoms with Crippen molar-refractivity contribution >= 4 is 41.4 Å². The van der Waals surface area contributed by atoms with Crippen molar-refractivity contribution in [2.45, 2.75) is 61.8 Å². The average Bonchev–Trinajstić information content (AvgIpc) is 3.65. The van der Waals surface area contributed by atoms with Gasteiger partial charge in [0.1, 0.15) is 29.2 Å². The molecule has 0 radical (unpaired) electrons. The van der Waals surface area contributed by atoms with Crippen molar-refractivity contribution in [2.75, 3.05) is 52.7 Å². The zero-order valence-corrected chi connectivity index (χ0v) is 29.8. The molecule has 0 aromatic heterocycles. The van der Waals surface area contributed by atoms with Gasteiger partial charge in [-0.25, -0.2) is 9.59 Å². The molecule has 4 N–H and O–H groups in total. The second-order valence-corrected chi connectivity index (χ2v) is 14.3. The van der Waals surface area contributed by atoms with E-state index in [0.717, 1.165) is 33.9 Å². The van der Waals surface area contributed by atoms with Crippen molar-refractivity contribution in [3.05, 3.63) is 71.2 Å². The number of rotatable bonds is 10. The van der Waals surface area contributed by atoms with Crippen molar-refractivity contribution in [1.82, 2.24) is 30.0 Å².